The number of β-lactam (4-membered cyclic amide) rings is 1. The first-order valence-electron chi connectivity index (χ1n) is 9.30. The predicted octanol–water partition coefficient (Wildman–Crippen LogP) is 2.24. The lowest BCUT2D eigenvalue weighted by Gasteiger charge is -2.48. The van der Waals surface area contributed by atoms with E-state index in [2.05, 4.69) is 11.2 Å². The van der Waals surface area contributed by atoms with Gasteiger partial charge in [0.25, 0.3) is 5.91 Å². The minimum Gasteiger partial charge on any atom is -0.448 e. The molecule has 2 aromatic rings. The number of nitrogens with zero attached hydrogens (tertiary/aromatic N) is 1. The van der Waals surface area contributed by atoms with Crippen LogP contribution in [0, 0.1) is 12.3 Å². The molecule has 7 heteroatoms. The number of amides is 2. The second kappa shape index (κ2) is 8.47. The number of hydrogen-bond acceptors (Lipinski definition) is 5. The normalized spacial score (nSPS) is 20.1. The maximum Gasteiger partial charge on any atom is 0.357 e. The van der Waals surface area contributed by atoms with Crippen molar-refractivity contribution < 1.29 is 19.1 Å². The van der Waals surface area contributed by atoms with Crippen molar-refractivity contribution in [3.8, 4) is 12.3 Å². The zero-order chi connectivity index (χ0) is 21.1. The number of carbonyl (C=O) groups excluding carboxylic acids is 3. The summed E-state index contributed by atoms with van der Waals surface area (Å²) in [7, 11) is 0. The molecule has 30 heavy (non-hydrogen) atoms. The van der Waals surface area contributed by atoms with Crippen molar-refractivity contribution in [3.63, 3.8) is 0 Å². The van der Waals surface area contributed by atoms with Crippen LogP contribution in [0.15, 0.2) is 71.9 Å². The van der Waals surface area contributed by atoms with E-state index in [1.165, 1.54) is 16.7 Å². The van der Waals surface area contributed by atoms with Crippen LogP contribution in [0.25, 0.3) is 0 Å². The maximum atomic E-state index is 13.3. The molecule has 4 rings (SSSR count). The Labute approximate surface area is 178 Å². The molecule has 2 aliphatic heterocycles. The minimum absolute atomic E-state index is 0.0760. The number of rotatable bonds is 6. The lowest BCUT2D eigenvalue weighted by molar-refractivity contribution is -0.154. The van der Waals surface area contributed by atoms with Crippen LogP contribution in [0.1, 0.15) is 17.2 Å². The van der Waals surface area contributed by atoms with Crippen molar-refractivity contribution in [2.24, 2.45) is 0 Å². The van der Waals surface area contributed by atoms with Gasteiger partial charge in [0, 0.05) is 11.3 Å². The van der Waals surface area contributed by atoms with E-state index in [0.29, 0.717) is 17.7 Å². The molecular weight excluding hydrogens is 400 g/mol. The van der Waals surface area contributed by atoms with Gasteiger partial charge in [-0.05, 0) is 11.1 Å². The summed E-state index contributed by atoms with van der Waals surface area (Å²) >= 11 is 1.41. The number of carbonyl (C=O) groups is 3. The molecule has 2 atom stereocenters. The molecule has 2 heterocycles. The van der Waals surface area contributed by atoms with Gasteiger partial charge in [-0.1, -0.05) is 66.6 Å². The molecule has 0 saturated carbocycles. The van der Waals surface area contributed by atoms with Crippen molar-refractivity contribution in [1.29, 1.82) is 0 Å². The topological polar surface area (TPSA) is 75.7 Å². The van der Waals surface area contributed by atoms with Crippen LogP contribution in [0.4, 0.5) is 0 Å². The monoisotopic (exact) mass is 418 g/mol. The van der Waals surface area contributed by atoms with Crippen molar-refractivity contribution in [2.75, 3.05) is 5.75 Å². The quantitative estimate of drug-likeness (QED) is 0.337. The Balaban J connectivity index is 1.66. The lowest BCUT2D eigenvalue weighted by Crippen LogP contribution is -2.69. The Hall–Kier alpha value is -3.50. The number of terminal acetylenes is 1. The van der Waals surface area contributed by atoms with Crippen LogP contribution in [0.5, 0.6) is 0 Å². The van der Waals surface area contributed by atoms with Crippen LogP contribution in [-0.4, -0.2) is 40.4 Å². The highest BCUT2D eigenvalue weighted by Crippen LogP contribution is 2.41. The Morgan fingerprint density at radius 3 is 2.30 bits per heavy atom. The molecule has 2 amide bonds. The van der Waals surface area contributed by atoms with Gasteiger partial charge in [-0.25, -0.2) is 4.79 Å². The number of fused-ring (bicyclic) bond motifs is 1. The average molecular weight is 418 g/mol. The van der Waals surface area contributed by atoms with E-state index >= 15 is 0 Å². The van der Waals surface area contributed by atoms with Gasteiger partial charge in [-0.2, -0.15) is 0 Å². The SMILES string of the molecule is C#CC1=C(C(=O)OC(c2ccccc2)c2ccccc2)N2C(=O)C(NC=O)[C@@H]2SC1. The maximum absolute atomic E-state index is 13.3. The third kappa shape index (κ3) is 3.46. The lowest BCUT2D eigenvalue weighted by atomic mass is 10.0. The standard InChI is InChI=1S/C23H18N2O4S/c1-2-15-13-30-22-18(24-14-26)21(27)25(22)19(15)23(28)29-20(16-9-5-3-6-10-16)17-11-7-4-8-12-17/h1,3-12,14,18,20,22H,13H2,(H,24,26)/t18?,22-/m0/s1. The van der Waals surface area contributed by atoms with E-state index in [9.17, 15) is 14.4 Å². The highest BCUT2D eigenvalue weighted by atomic mass is 32.2. The summed E-state index contributed by atoms with van der Waals surface area (Å²) in [5, 5.41) is 2.12. The minimum atomic E-state index is -0.673. The van der Waals surface area contributed by atoms with E-state index in [1.807, 2.05) is 60.7 Å². The number of ether oxygens (including phenoxy) is 1. The van der Waals surface area contributed by atoms with Gasteiger partial charge in [-0.3, -0.25) is 14.5 Å². The van der Waals surface area contributed by atoms with Gasteiger partial charge in [-0.15, -0.1) is 18.2 Å². The smallest absolute Gasteiger partial charge is 0.357 e. The fourth-order valence-electron chi connectivity index (χ4n) is 3.56. The van der Waals surface area contributed by atoms with E-state index < -0.39 is 18.1 Å². The van der Waals surface area contributed by atoms with E-state index in [1.54, 1.807) is 0 Å². The molecule has 0 bridgehead atoms. The van der Waals surface area contributed by atoms with Gasteiger partial charge in [0.05, 0.1) is 0 Å². The molecule has 2 aliphatic rings. The highest BCUT2D eigenvalue weighted by Gasteiger charge is 2.54. The molecule has 2 aromatic carbocycles. The third-order valence-corrected chi connectivity index (χ3v) is 6.29. The predicted molar refractivity (Wildman–Crippen MR) is 113 cm³/mol. The first-order chi connectivity index (χ1) is 14.7. The largest absolute Gasteiger partial charge is 0.448 e. The second-order valence-electron chi connectivity index (χ2n) is 6.75. The van der Waals surface area contributed by atoms with Gasteiger partial charge in [0.1, 0.15) is 17.1 Å². The summed E-state index contributed by atoms with van der Waals surface area (Å²) in [5.74, 6) is 1.85. The van der Waals surface area contributed by atoms with Gasteiger partial charge in [0.15, 0.2) is 6.10 Å². The first kappa shape index (κ1) is 19.8. The fraction of sp³-hybridized carbons (Fsp3) is 0.174. The molecule has 0 spiro atoms. The zero-order valence-electron chi connectivity index (χ0n) is 15.9. The van der Waals surface area contributed by atoms with Crippen molar-refractivity contribution in [3.05, 3.63) is 83.1 Å². The molecule has 6 nitrogen and oxygen atoms in total. The third-order valence-electron chi connectivity index (χ3n) is 5.01. The molecule has 0 aromatic heterocycles. The Morgan fingerprint density at radius 2 is 1.77 bits per heavy atom. The van der Waals surface area contributed by atoms with Crippen LogP contribution < -0.4 is 5.32 Å². The molecule has 150 valence electrons. The second-order valence-corrected chi connectivity index (χ2v) is 7.86. The van der Waals surface area contributed by atoms with Crippen LogP contribution in [0.2, 0.25) is 0 Å². The van der Waals surface area contributed by atoms with E-state index in [0.717, 1.165) is 11.1 Å². The molecule has 1 fully saturated rings. The zero-order valence-corrected chi connectivity index (χ0v) is 16.7. The van der Waals surface area contributed by atoms with Gasteiger partial charge >= 0.3 is 5.97 Å². The van der Waals surface area contributed by atoms with Gasteiger partial charge in [0.2, 0.25) is 6.41 Å². The molecule has 0 radical (unpaired) electrons. The Morgan fingerprint density at radius 1 is 1.17 bits per heavy atom. The number of thioether (sulfide) groups is 1. The summed E-state index contributed by atoms with van der Waals surface area (Å²) in [4.78, 5) is 38.0. The molecule has 0 aliphatic carbocycles. The van der Waals surface area contributed by atoms with Crippen LogP contribution >= 0.6 is 11.8 Å². The molecule has 1 unspecified atom stereocenters. The molecule has 1 N–H and O–H groups in total. The summed E-state index contributed by atoms with van der Waals surface area (Å²) in [6.07, 6.45) is 5.45. The highest BCUT2D eigenvalue weighted by molar-refractivity contribution is 8.00. The summed E-state index contributed by atoms with van der Waals surface area (Å²) in [6, 6.07) is 18.1. The van der Waals surface area contributed by atoms with Crippen molar-refractivity contribution >= 4 is 30.0 Å². The Bertz CT molecular complexity index is 1010. The van der Waals surface area contributed by atoms with Crippen LogP contribution in [-0.2, 0) is 19.1 Å². The first-order valence-corrected chi connectivity index (χ1v) is 10.4. The number of nitrogens with one attached hydrogen (secondary N) is 1. The molecule has 1 saturated heterocycles. The van der Waals surface area contributed by atoms with Crippen molar-refractivity contribution in [2.45, 2.75) is 17.5 Å². The van der Waals surface area contributed by atoms with Crippen LogP contribution in [0.3, 0.4) is 0 Å². The summed E-state index contributed by atoms with van der Waals surface area (Å²) in [5.41, 5.74) is 2.08. The Kier molecular flexibility index (Phi) is 5.59. The van der Waals surface area contributed by atoms with Crippen molar-refractivity contribution in [1.82, 2.24) is 10.2 Å². The number of benzene rings is 2. The van der Waals surface area contributed by atoms with E-state index in [-0.39, 0.29) is 17.0 Å². The van der Waals surface area contributed by atoms with E-state index in [4.69, 9.17) is 11.2 Å². The number of hydrogen-bond donors (Lipinski definition) is 1. The average Bonchev–Trinajstić information content (AvgIpc) is 2.80. The van der Waals surface area contributed by atoms with Gasteiger partial charge < -0.3 is 10.1 Å². The number of esters is 1. The molecular formula is C23H18N2O4S. The fourth-order valence-corrected chi connectivity index (χ4v) is 4.86. The summed E-state index contributed by atoms with van der Waals surface area (Å²) in [6.45, 7) is 0. The summed E-state index contributed by atoms with van der Waals surface area (Å²) < 4.78 is 5.90.